The smallest absolute Gasteiger partial charge is 0.181 e. The topological polar surface area (TPSA) is 80.0 Å². The minimum absolute atomic E-state index is 0.0207. The van der Waals surface area contributed by atoms with Crippen molar-refractivity contribution in [3.8, 4) is 11.1 Å². The van der Waals surface area contributed by atoms with Crippen LogP contribution in [0.1, 0.15) is 12.8 Å². The molecule has 2 fully saturated rings. The lowest BCUT2D eigenvalue weighted by Crippen LogP contribution is -2.52. The molecule has 2 aromatic carbocycles. The van der Waals surface area contributed by atoms with Crippen molar-refractivity contribution < 1.29 is 13.2 Å². The largest absolute Gasteiger partial charge is 0.375 e. The van der Waals surface area contributed by atoms with E-state index < -0.39 is 17.5 Å². The van der Waals surface area contributed by atoms with Gasteiger partial charge in [-0.2, -0.15) is 0 Å². The molecule has 6 nitrogen and oxygen atoms in total. The molecule has 164 valence electrons. The number of piperazine rings is 1. The Morgan fingerprint density at radius 2 is 1.78 bits per heavy atom. The first-order valence-corrected chi connectivity index (χ1v) is 11.3. The molecule has 3 N–H and O–H groups in total. The number of aromatic nitrogens is 3. The zero-order valence-corrected chi connectivity index (χ0v) is 18.1. The monoisotopic (exact) mass is 476 g/mol. The summed E-state index contributed by atoms with van der Waals surface area (Å²) in [7, 11) is 0. The Morgan fingerprint density at radius 3 is 2.53 bits per heavy atom. The molecule has 0 radical (unpaired) electrons. The molecule has 2 bridgehead atoms. The van der Waals surface area contributed by atoms with Crippen LogP contribution >= 0.6 is 22.9 Å². The predicted octanol–water partition coefficient (Wildman–Crippen LogP) is 4.50. The fraction of sp³-hybridized carbons (Fsp3) is 0.286. The van der Waals surface area contributed by atoms with Gasteiger partial charge in [0.05, 0.1) is 15.2 Å². The number of nitrogens with one attached hydrogen (secondary N) is 1. The Bertz CT molecular complexity index is 1390. The average Bonchev–Trinajstić information content (AvgIpc) is 3.26. The Kier molecular flexibility index (Phi) is 4.46. The van der Waals surface area contributed by atoms with Crippen molar-refractivity contribution in [2.24, 2.45) is 0 Å². The Labute approximate surface area is 189 Å². The molecule has 0 amide bonds. The summed E-state index contributed by atoms with van der Waals surface area (Å²) in [6.45, 7) is 1.64. The van der Waals surface area contributed by atoms with Crippen molar-refractivity contribution in [1.29, 1.82) is 0 Å². The highest BCUT2D eigenvalue weighted by atomic mass is 35.5. The molecule has 4 heterocycles. The van der Waals surface area contributed by atoms with Gasteiger partial charge in [0.25, 0.3) is 0 Å². The maximum atomic E-state index is 15.9. The molecule has 6 rings (SSSR count). The number of halogens is 4. The quantitative estimate of drug-likeness (QED) is 0.443. The van der Waals surface area contributed by atoms with Crippen molar-refractivity contribution in [3.05, 3.63) is 40.9 Å². The fourth-order valence-electron chi connectivity index (χ4n) is 4.94. The minimum atomic E-state index is -0.977. The highest BCUT2D eigenvalue weighted by Crippen LogP contribution is 2.44. The van der Waals surface area contributed by atoms with Gasteiger partial charge < -0.3 is 16.0 Å². The normalized spacial score (nSPS) is 20.6. The number of nitrogens with zero attached hydrogens (tertiary/aromatic N) is 4. The molecule has 2 aliphatic rings. The first kappa shape index (κ1) is 20.0. The molecule has 0 aliphatic carbocycles. The second-order valence-corrected chi connectivity index (χ2v) is 9.47. The lowest BCUT2D eigenvalue weighted by Gasteiger charge is -2.36. The summed E-state index contributed by atoms with van der Waals surface area (Å²) >= 11 is 7.38. The molecule has 32 heavy (non-hydrogen) atoms. The first-order chi connectivity index (χ1) is 15.4. The van der Waals surface area contributed by atoms with E-state index in [0.29, 0.717) is 17.3 Å². The lowest BCUT2D eigenvalue weighted by molar-refractivity contribution is 0.482. The van der Waals surface area contributed by atoms with Gasteiger partial charge in [-0.05, 0) is 18.9 Å². The van der Waals surface area contributed by atoms with E-state index in [2.05, 4.69) is 25.2 Å². The van der Waals surface area contributed by atoms with Crippen molar-refractivity contribution in [2.45, 2.75) is 24.9 Å². The number of hydrogen-bond donors (Lipinski definition) is 2. The number of anilines is 2. The number of nitrogen functional groups attached to an aromatic ring is 1. The van der Waals surface area contributed by atoms with E-state index >= 15 is 4.39 Å². The van der Waals surface area contributed by atoms with Gasteiger partial charge >= 0.3 is 0 Å². The molecule has 0 spiro atoms. The van der Waals surface area contributed by atoms with Crippen LogP contribution in [0.2, 0.25) is 5.02 Å². The molecule has 2 aromatic heterocycles. The molecule has 2 aliphatic heterocycles. The molecular weight excluding hydrogens is 461 g/mol. The van der Waals surface area contributed by atoms with Gasteiger partial charge in [0.2, 0.25) is 0 Å². The van der Waals surface area contributed by atoms with Gasteiger partial charge in [-0.15, -0.1) is 0 Å². The van der Waals surface area contributed by atoms with Crippen LogP contribution in [0, 0.1) is 17.5 Å². The van der Waals surface area contributed by atoms with Crippen LogP contribution in [0.4, 0.5) is 24.1 Å². The van der Waals surface area contributed by atoms with Gasteiger partial charge in [0.1, 0.15) is 29.3 Å². The number of hydrogen-bond acceptors (Lipinski definition) is 7. The van der Waals surface area contributed by atoms with Gasteiger partial charge in [-0.3, -0.25) is 0 Å². The number of fused-ring (bicyclic) bond motifs is 4. The molecule has 2 saturated heterocycles. The van der Waals surface area contributed by atoms with E-state index in [4.69, 9.17) is 17.3 Å². The summed E-state index contributed by atoms with van der Waals surface area (Å²) in [5.74, 6) is -1.99. The third kappa shape index (κ3) is 2.79. The Morgan fingerprint density at radius 1 is 1.03 bits per heavy atom. The molecule has 2 unspecified atom stereocenters. The van der Waals surface area contributed by atoms with E-state index in [1.807, 2.05) is 0 Å². The number of nitrogens with two attached hydrogens (primary N) is 1. The molecule has 2 atom stereocenters. The highest BCUT2D eigenvalue weighted by Gasteiger charge is 2.38. The van der Waals surface area contributed by atoms with Crippen LogP contribution in [-0.2, 0) is 0 Å². The molecule has 11 heteroatoms. The maximum Gasteiger partial charge on any atom is 0.181 e. The SMILES string of the molecule is Nc1nc2c(-c3c(Cl)cc4c(N5C6CCC5CNC6)ncnc4c3F)c(F)cc(F)c2s1. The van der Waals surface area contributed by atoms with Gasteiger partial charge in [-0.25, -0.2) is 28.1 Å². The van der Waals surface area contributed by atoms with Crippen molar-refractivity contribution in [3.63, 3.8) is 0 Å². The van der Waals surface area contributed by atoms with Crippen LogP contribution in [-0.4, -0.2) is 40.1 Å². The van der Waals surface area contributed by atoms with E-state index in [1.54, 1.807) is 6.07 Å². The number of rotatable bonds is 2. The first-order valence-electron chi connectivity index (χ1n) is 10.1. The van der Waals surface area contributed by atoms with Crippen LogP contribution in [0.3, 0.4) is 0 Å². The molecular formula is C21H16ClF3N6S. The van der Waals surface area contributed by atoms with Gasteiger partial charge in [0.15, 0.2) is 10.9 Å². The average molecular weight is 477 g/mol. The highest BCUT2D eigenvalue weighted by molar-refractivity contribution is 7.22. The van der Waals surface area contributed by atoms with E-state index in [1.165, 1.54) is 6.33 Å². The van der Waals surface area contributed by atoms with Crippen LogP contribution < -0.4 is 16.0 Å². The summed E-state index contributed by atoms with van der Waals surface area (Å²) in [6, 6.07) is 2.75. The van der Waals surface area contributed by atoms with Gasteiger partial charge in [-0.1, -0.05) is 22.9 Å². The minimum Gasteiger partial charge on any atom is -0.375 e. The number of benzene rings is 2. The summed E-state index contributed by atoms with van der Waals surface area (Å²) in [4.78, 5) is 14.8. The summed E-state index contributed by atoms with van der Waals surface area (Å²) in [5.41, 5.74) is 5.21. The second kappa shape index (κ2) is 7.16. The summed E-state index contributed by atoms with van der Waals surface area (Å²) < 4.78 is 45.1. The standard InChI is InChI=1S/C21H16ClF3N6S/c22-11-3-10-17(28-7-29-20(10)31-8-1-2-9(31)6-27-5-8)16(25)14(11)15-12(23)4-13(24)19-18(15)30-21(26)32-19/h3-4,7-9,27H,1-2,5-6H2,(H2,26,30). The lowest BCUT2D eigenvalue weighted by atomic mass is 10.00. The van der Waals surface area contributed by atoms with Gasteiger partial charge in [0, 0.05) is 47.8 Å². The van der Waals surface area contributed by atoms with E-state index in [0.717, 1.165) is 37.3 Å². The van der Waals surface area contributed by atoms with Crippen molar-refractivity contribution in [2.75, 3.05) is 23.7 Å². The summed E-state index contributed by atoms with van der Waals surface area (Å²) in [5, 5.41) is 3.87. The zero-order valence-electron chi connectivity index (χ0n) is 16.5. The third-order valence-corrected chi connectivity index (χ3v) is 7.46. The third-order valence-electron chi connectivity index (χ3n) is 6.26. The van der Waals surface area contributed by atoms with Crippen molar-refractivity contribution >= 4 is 55.0 Å². The van der Waals surface area contributed by atoms with Crippen molar-refractivity contribution in [1.82, 2.24) is 20.3 Å². The Balaban J connectivity index is 1.61. The Hall–Kier alpha value is -2.69. The second-order valence-electron chi connectivity index (χ2n) is 8.04. The predicted molar refractivity (Wildman–Crippen MR) is 120 cm³/mol. The maximum absolute atomic E-state index is 15.9. The fourth-order valence-corrected chi connectivity index (χ4v) is 5.98. The van der Waals surface area contributed by atoms with E-state index in [-0.39, 0.29) is 49.1 Å². The molecule has 4 aromatic rings. The van der Waals surface area contributed by atoms with E-state index in [9.17, 15) is 8.78 Å². The zero-order chi connectivity index (χ0) is 22.1. The van der Waals surface area contributed by atoms with Crippen LogP contribution in [0.15, 0.2) is 18.5 Å². The van der Waals surface area contributed by atoms with Crippen LogP contribution in [0.5, 0.6) is 0 Å². The summed E-state index contributed by atoms with van der Waals surface area (Å²) in [6.07, 6.45) is 3.33. The number of thiazole rings is 1. The molecule has 0 saturated carbocycles. The van der Waals surface area contributed by atoms with Crippen LogP contribution in [0.25, 0.3) is 32.2 Å².